The van der Waals surface area contributed by atoms with Gasteiger partial charge in [-0.3, -0.25) is 0 Å². The largest absolute Gasteiger partial charge is 0.478 e. The Hall–Kier alpha value is -1.70. The summed E-state index contributed by atoms with van der Waals surface area (Å²) < 4.78 is 4.08. The molecule has 2 N–H and O–H groups in total. The van der Waals surface area contributed by atoms with Gasteiger partial charge in [-0.05, 0) is 0 Å². The summed E-state index contributed by atoms with van der Waals surface area (Å²) in [6, 6.07) is 1.50. The van der Waals surface area contributed by atoms with E-state index in [0.717, 1.165) is 0 Å². The maximum absolute atomic E-state index is 8.52. The van der Waals surface area contributed by atoms with Gasteiger partial charge < -0.3 is 14.6 Å². The third-order valence-corrected chi connectivity index (χ3v) is 0.704. The highest BCUT2D eigenvalue weighted by Crippen LogP contribution is 2.20. The molecule has 0 fully saturated rings. The molecule has 0 saturated carbocycles. The Morgan fingerprint density at radius 3 is 2.44 bits per heavy atom. The Morgan fingerprint density at radius 2 is 2.22 bits per heavy atom. The van der Waals surface area contributed by atoms with Gasteiger partial charge in [-0.25, -0.2) is 0 Å². The van der Waals surface area contributed by atoms with Crippen molar-refractivity contribution in [2.45, 2.75) is 0 Å². The molecule has 0 amide bonds. The Bertz CT molecular complexity index is 259. The smallest absolute Gasteiger partial charge is 0.395 e. The number of aromatic nitrogens is 1. The molecule has 0 aromatic carbocycles. The van der Waals surface area contributed by atoms with Crippen LogP contribution < -0.4 is 0 Å². The average molecular weight is 126 g/mol. The highest BCUT2D eigenvalue weighted by atomic mass is 16.5. The zero-order valence-electron chi connectivity index (χ0n) is 4.20. The van der Waals surface area contributed by atoms with Crippen LogP contribution in [-0.4, -0.2) is 15.2 Å². The molecule has 5 heteroatoms. The predicted octanol–water partition coefficient (Wildman–Crippen LogP) is -0.0425. The highest BCUT2D eigenvalue weighted by Gasteiger charge is 2.08. The fourth-order valence-corrected chi connectivity index (χ4v) is 0.374. The Morgan fingerprint density at radius 1 is 1.56 bits per heavy atom. The van der Waals surface area contributed by atoms with E-state index in [9.17, 15) is 0 Å². The third-order valence-electron chi connectivity index (χ3n) is 0.704. The number of aromatic hydroxyl groups is 2. The van der Waals surface area contributed by atoms with Gasteiger partial charge in [0.1, 0.15) is 6.07 Å². The van der Waals surface area contributed by atoms with Crippen molar-refractivity contribution in [3.63, 3.8) is 0 Å². The Kier molecular flexibility index (Phi) is 1.01. The summed E-state index contributed by atoms with van der Waals surface area (Å²) in [5.41, 5.74) is -0.312. The lowest BCUT2D eigenvalue weighted by molar-refractivity contribution is 0.258. The average Bonchev–Trinajstić information content (AvgIpc) is 2.10. The van der Waals surface area contributed by atoms with E-state index in [1.165, 1.54) is 6.07 Å². The fraction of sp³-hybridized carbons (Fsp3) is 0. The van der Waals surface area contributed by atoms with Gasteiger partial charge in [0.25, 0.3) is 0 Å². The van der Waals surface area contributed by atoms with Crippen LogP contribution in [0.5, 0.6) is 12.0 Å². The summed E-state index contributed by atoms with van der Waals surface area (Å²) in [6.45, 7) is 0. The van der Waals surface area contributed by atoms with Crippen LogP contribution in [0.2, 0.25) is 0 Å². The van der Waals surface area contributed by atoms with Crippen molar-refractivity contribution in [3.05, 3.63) is 5.69 Å². The molecule has 0 saturated heterocycles. The van der Waals surface area contributed by atoms with Crippen LogP contribution in [0.15, 0.2) is 4.42 Å². The summed E-state index contributed by atoms with van der Waals surface area (Å²) in [4.78, 5) is 3.11. The molecule has 0 bridgehead atoms. The minimum Gasteiger partial charge on any atom is -0.478 e. The number of nitriles is 1. The van der Waals surface area contributed by atoms with Crippen LogP contribution in [0.1, 0.15) is 5.69 Å². The lowest BCUT2D eigenvalue weighted by Crippen LogP contribution is -1.69. The maximum Gasteiger partial charge on any atom is 0.395 e. The number of hydrogen-bond acceptors (Lipinski definition) is 5. The minimum atomic E-state index is -0.705. The first kappa shape index (κ1) is 5.44. The van der Waals surface area contributed by atoms with Crippen LogP contribution in [0.3, 0.4) is 0 Å². The number of rotatable bonds is 0. The molecule has 0 unspecified atom stereocenters. The normalized spacial score (nSPS) is 8.78. The van der Waals surface area contributed by atoms with Gasteiger partial charge in [0, 0.05) is 0 Å². The van der Waals surface area contributed by atoms with E-state index in [1.807, 2.05) is 0 Å². The van der Waals surface area contributed by atoms with Crippen molar-refractivity contribution in [2.24, 2.45) is 0 Å². The van der Waals surface area contributed by atoms with Crippen molar-refractivity contribution < 1.29 is 14.6 Å². The van der Waals surface area contributed by atoms with Crippen LogP contribution in [0.25, 0.3) is 0 Å². The second kappa shape index (κ2) is 1.67. The van der Waals surface area contributed by atoms with Crippen LogP contribution in [-0.2, 0) is 0 Å². The van der Waals surface area contributed by atoms with Gasteiger partial charge in [0.15, 0.2) is 0 Å². The molecule has 9 heavy (non-hydrogen) atoms. The lowest BCUT2D eigenvalue weighted by atomic mass is 10.5. The van der Waals surface area contributed by atoms with E-state index >= 15 is 0 Å². The molecular formula is C4H2N2O3. The van der Waals surface area contributed by atoms with Gasteiger partial charge in [-0.15, -0.1) is 0 Å². The number of nitrogens with zero attached hydrogens (tertiary/aromatic N) is 2. The summed E-state index contributed by atoms with van der Waals surface area (Å²) >= 11 is 0. The van der Waals surface area contributed by atoms with Gasteiger partial charge in [0.05, 0.1) is 0 Å². The molecule has 0 spiro atoms. The molecule has 1 aromatic rings. The minimum absolute atomic E-state index is 0.312. The molecule has 0 aliphatic heterocycles. The second-order valence-corrected chi connectivity index (χ2v) is 1.26. The molecule has 0 aliphatic rings. The highest BCUT2D eigenvalue weighted by molar-refractivity contribution is 5.28. The first-order valence-corrected chi connectivity index (χ1v) is 2.03. The van der Waals surface area contributed by atoms with Crippen molar-refractivity contribution >= 4 is 0 Å². The van der Waals surface area contributed by atoms with Gasteiger partial charge in [0.2, 0.25) is 5.69 Å². The van der Waals surface area contributed by atoms with Crippen molar-refractivity contribution in [1.29, 1.82) is 5.26 Å². The zero-order chi connectivity index (χ0) is 6.85. The van der Waals surface area contributed by atoms with E-state index in [0.29, 0.717) is 0 Å². The molecule has 0 atom stereocenters. The molecule has 1 aromatic heterocycles. The van der Waals surface area contributed by atoms with Crippen molar-refractivity contribution in [2.75, 3.05) is 0 Å². The zero-order valence-corrected chi connectivity index (χ0v) is 4.20. The molecule has 46 valence electrons. The van der Waals surface area contributed by atoms with Gasteiger partial charge in [-0.2, -0.15) is 10.2 Å². The van der Waals surface area contributed by atoms with E-state index in [1.54, 1.807) is 0 Å². The van der Waals surface area contributed by atoms with Crippen molar-refractivity contribution in [1.82, 2.24) is 4.98 Å². The lowest BCUT2D eigenvalue weighted by Gasteiger charge is -1.73. The van der Waals surface area contributed by atoms with Gasteiger partial charge >= 0.3 is 12.0 Å². The number of hydrogen-bond donors (Lipinski definition) is 2. The van der Waals surface area contributed by atoms with E-state index in [4.69, 9.17) is 15.5 Å². The molecule has 5 nitrogen and oxygen atoms in total. The summed E-state index contributed by atoms with van der Waals surface area (Å²) in [5.74, 6) is -0.657. The molecular weight excluding hydrogens is 124 g/mol. The van der Waals surface area contributed by atoms with Crippen molar-refractivity contribution in [3.8, 4) is 18.1 Å². The third kappa shape index (κ3) is 0.770. The summed E-state index contributed by atoms with van der Waals surface area (Å²) in [6.07, 6.45) is -0.705. The monoisotopic (exact) mass is 126 g/mol. The topological polar surface area (TPSA) is 90.3 Å². The molecule has 1 rings (SSSR count). The SMILES string of the molecule is N#Cc1nc(O)oc1O. The van der Waals surface area contributed by atoms with E-state index in [-0.39, 0.29) is 5.69 Å². The predicted molar refractivity (Wildman–Crippen MR) is 24.5 cm³/mol. The molecule has 0 radical (unpaired) electrons. The first-order chi connectivity index (χ1) is 4.24. The first-order valence-electron chi connectivity index (χ1n) is 2.03. The summed E-state index contributed by atoms with van der Waals surface area (Å²) in [7, 11) is 0. The maximum atomic E-state index is 8.52. The Labute approximate surface area is 49.8 Å². The quantitative estimate of drug-likeness (QED) is 0.508. The second-order valence-electron chi connectivity index (χ2n) is 1.26. The van der Waals surface area contributed by atoms with Gasteiger partial charge in [-0.1, -0.05) is 0 Å². The van der Waals surface area contributed by atoms with Crippen LogP contribution in [0, 0.1) is 11.3 Å². The van der Waals surface area contributed by atoms with Crippen LogP contribution in [0.4, 0.5) is 0 Å². The van der Waals surface area contributed by atoms with E-state index < -0.39 is 12.0 Å². The molecule has 0 aliphatic carbocycles. The number of oxazole rings is 1. The molecule has 1 heterocycles. The standard InChI is InChI=1S/C4H2N2O3/c5-1-2-3(7)9-4(8)6-2/h7H,(H,6,8). The van der Waals surface area contributed by atoms with Crippen LogP contribution >= 0.6 is 0 Å². The fourth-order valence-electron chi connectivity index (χ4n) is 0.374. The Balaban J connectivity index is 3.20. The van der Waals surface area contributed by atoms with E-state index in [2.05, 4.69) is 9.40 Å². The summed E-state index contributed by atoms with van der Waals surface area (Å²) in [5, 5.41) is 25.0.